The second-order valence-corrected chi connectivity index (χ2v) is 10.5. The molecule has 3 heterocycles. The van der Waals surface area contributed by atoms with Crippen molar-refractivity contribution in [3.8, 4) is 0 Å². The molecule has 3 aromatic rings. The number of nitrogens with one attached hydrogen (secondary N) is 2. The van der Waals surface area contributed by atoms with Crippen LogP contribution in [0.4, 0.5) is 13.9 Å². The van der Waals surface area contributed by atoms with Gasteiger partial charge in [0.15, 0.2) is 14.7 Å². The van der Waals surface area contributed by atoms with E-state index in [2.05, 4.69) is 46.5 Å². The molecule has 2 N–H and O–H groups in total. The largest absolute Gasteiger partial charge is 0.301 e. The standard InChI is InChI=1S/C16H16BrF2N7O2S2/c1-7(11(27)22-15-25-24-13(17)30-15)29-14-21-10-9(12(28)23-14)6-20-26(10)8-2-4-16(18,19)5-3-8/h6-8H,2-5H2,1H3,(H,21,23,28)(H,22,25,27). The van der Waals surface area contributed by atoms with Gasteiger partial charge in [-0.05, 0) is 35.7 Å². The number of amides is 1. The summed E-state index contributed by atoms with van der Waals surface area (Å²) in [6.45, 7) is 1.67. The summed E-state index contributed by atoms with van der Waals surface area (Å²) in [5, 5.41) is 14.7. The van der Waals surface area contributed by atoms with Crippen LogP contribution in [-0.2, 0) is 4.79 Å². The van der Waals surface area contributed by atoms with Crippen LogP contribution in [0.15, 0.2) is 20.1 Å². The molecule has 30 heavy (non-hydrogen) atoms. The average molecular weight is 520 g/mol. The third-order valence-electron chi connectivity index (χ3n) is 4.76. The molecule has 1 aliphatic rings. The van der Waals surface area contributed by atoms with E-state index in [1.165, 1.54) is 17.5 Å². The molecular formula is C16H16BrF2N7O2S2. The Hall–Kier alpha value is -1.93. The lowest BCUT2D eigenvalue weighted by Crippen LogP contribution is -2.27. The van der Waals surface area contributed by atoms with Crippen molar-refractivity contribution in [2.75, 3.05) is 5.32 Å². The fourth-order valence-electron chi connectivity index (χ4n) is 3.19. The molecule has 0 aromatic carbocycles. The molecule has 0 aliphatic heterocycles. The number of carbonyl (C=O) groups excluding carboxylic acids is 1. The first kappa shape index (κ1) is 21.3. The van der Waals surface area contributed by atoms with Crippen molar-refractivity contribution in [3.63, 3.8) is 0 Å². The molecule has 1 unspecified atom stereocenters. The van der Waals surface area contributed by atoms with Crippen molar-refractivity contribution in [2.24, 2.45) is 0 Å². The third kappa shape index (κ3) is 4.54. The lowest BCUT2D eigenvalue weighted by Gasteiger charge is -2.28. The highest BCUT2D eigenvalue weighted by atomic mass is 79.9. The lowest BCUT2D eigenvalue weighted by molar-refractivity contribution is -0.115. The Morgan fingerprint density at radius 2 is 2.17 bits per heavy atom. The molecule has 160 valence electrons. The van der Waals surface area contributed by atoms with Crippen LogP contribution in [0.1, 0.15) is 38.6 Å². The zero-order chi connectivity index (χ0) is 21.5. The number of hydrogen-bond donors (Lipinski definition) is 2. The molecule has 1 fully saturated rings. The van der Waals surface area contributed by atoms with Crippen molar-refractivity contribution < 1.29 is 13.6 Å². The summed E-state index contributed by atoms with van der Waals surface area (Å²) in [5.41, 5.74) is -0.0623. The van der Waals surface area contributed by atoms with Gasteiger partial charge in [0.25, 0.3) is 5.56 Å². The number of nitrogens with zero attached hydrogens (tertiary/aromatic N) is 5. The summed E-state index contributed by atoms with van der Waals surface area (Å²) in [5.74, 6) is -2.98. The summed E-state index contributed by atoms with van der Waals surface area (Å²) in [4.78, 5) is 31.9. The maximum absolute atomic E-state index is 13.5. The fourth-order valence-corrected chi connectivity index (χ4v) is 5.00. The number of anilines is 1. The van der Waals surface area contributed by atoms with E-state index in [-0.39, 0.29) is 48.2 Å². The van der Waals surface area contributed by atoms with Crippen molar-refractivity contribution in [3.05, 3.63) is 20.5 Å². The third-order valence-corrected chi connectivity index (χ3v) is 7.02. The first-order valence-electron chi connectivity index (χ1n) is 9.04. The molecule has 0 spiro atoms. The van der Waals surface area contributed by atoms with Gasteiger partial charge in [-0.15, -0.1) is 10.2 Å². The Morgan fingerprint density at radius 1 is 1.43 bits per heavy atom. The quantitative estimate of drug-likeness (QED) is 0.390. The van der Waals surface area contributed by atoms with Crippen LogP contribution in [0, 0.1) is 0 Å². The number of rotatable bonds is 5. The maximum atomic E-state index is 13.5. The minimum absolute atomic E-state index is 0.219. The van der Waals surface area contributed by atoms with Crippen LogP contribution >= 0.6 is 39.0 Å². The van der Waals surface area contributed by atoms with Crippen molar-refractivity contribution in [1.82, 2.24) is 29.9 Å². The average Bonchev–Trinajstić information content (AvgIpc) is 3.28. The molecule has 1 aliphatic carbocycles. The molecule has 0 radical (unpaired) electrons. The smallest absolute Gasteiger partial charge is 0.262 e. The zero-order valence-electron chi connectivity index (χ0n) is 15.6. The van der Waals surface area contributed by atoms with Crippen LogP contribution in [0.3, 0.4) is 0 Å². The molecular weight excluding hydrogens is 504 g/mol. The van der Waals surface area contributed by atoms with Crippen molar-refractivity contribution in [2.45, 2.75) is 55.0 Å². The van der Waals surface area contributed by atoms with E-state index >= 15 is 0 Å². The van der Waals surface area contributed by atoms with Gasteiger partial charge in [-0.3, -0.25) is 14.9 Å². The fraction of sp³-hybridized carbons (Fsp3) is 0.500. The Labute approximate surface area is 185 Å². The van der Waals surface area contributed by atoms with E-state index < -0.39 is 16.7 Å². The Bertz CT molecular complexity index is 1140. The Morgan fingerprint density at radius 3 is 2.83 bits per heavy atom. The summed E-state index contributed by atoms with van der Waals surface area (Å²) in [6, 6.07) is -0.245. The minimum atomic E-state index is -2.66. The predicted molar refractivity (Wildman–Crippen MR) is 112 cm³/mol. The second-order valence-electron chi connectivity index (χ2n) is 6.89. The molecule has 9 nitrogen and oxygen atoms in total. The normalized spacial score (nSPS) is 17.9. The Balaban J connectivity index is 1.53. The summed E-state index contributed by atoms with van der Waals surface area (Å²) in [6.07, 6.45) is 1.48. The molecule has 1 saturated carbocycles. The van der Waals surface area contributed by atoms with Crippen LogP contribution in [0.25, 0.3) is 11.0 Å². The van der Waals surface area contributed by atoms with Gasteiger partial charge in [-0.25, -0.2) is 18.4 Å². The Kier molecular flexibility index (Phi) is 5.90. The highest BCUT2D eigenvalue weighted by Crippen LogP contribution is 2.39. The first-order chi connectivity index (χ1) is 14.2. The van der Waals surface area contributed by atoms with E-state index in [1.54, 1.807) is 11.6 Å². The number of alkyl halides is 2. The molecule has 4 rings (SSSR count). The highest BCUT2D eigenvalue weighted by molar-refractivity contribution is 9.11. The van der Waals surface area contributed by atoms with Crippen LogP contribution < -0.4 is 10.9 Å². The molecule has 14 heteroatoms. The number of aromatic nitrogens is 6. The van der Waals surface area contributed by atoms with Crippen LogP contribution in [0.2, 0.25) is 0 Å². The first-order valence-corrected chi connectivity index (χ1v) is 11.5. The van der Waals surface area contributed by atoms with Gasteiger partial charge < -0.3 is 4.98 Å². The number of H-pyrrole nitrogens is 1. The van der Waals surface area contributed by atoms with Gasteiger partial charge >= 0.3 is 0 Å². The van der Waals surface area contributed by atoms with E-state index in [1.807, 2.05) is 0 Å². The molecule has 0 saturated heterocycles. The van der Waals surface area contributed by atoms with Gasteiger partial charge in [0.1, 0.15) is 5.39 Å². The van der Waals surface area contributed by atoms with Gasteiger partial charge in [-0.1, -0.05) is 23.1 Å². The van der Waals surface area contributed by atoms with E-state index in [0.29, 0.717) is 14.7 Å². The summed E-state index contributed by atoms with van der Waals surface area (Å²) >= 11 is 5.42. The molecule has 0 bridgehead atoms. The molecule has 3 aromatic heterocycles. The van der Waals surface area contributed by atoms with Gasteiger partial charge in [0, 0.05) is 12.8 Å². The number of aromatic amines is 1. The number of halogens is 3. The number of carbonyl (C=O) groups is 1. The molecule has 1 amide bonds. The van der Waals surface area contributed by atoms with Gasteiger partial charge in [0.05, 0.1) is 17.5 Å². The second kappa shape index (κ2) is 8.30. The van der Waals surface area contributed by atoms with Gasteiger partial charge in [0.2, 0.25) is 17.0 Å². The predicted octanol–water partition coefficient (Wildman–Crippen LogP) is 3.60. The van der Waals surface area contributed by atoms with E-state index in [4.69, 9.17) is 0 Å². The van der Waals surface area contributed by atoms with Crippen LogP contribution in [-0.4, -0.2) is 47.0 Å². The van der Waals surface area contributed by atoms with E-state index in [9.17, 15) is 18.4 Å². The number of fused-ring (bicyclic) bond motifs is 1. The van der Waals surface area contributed by atoms with Crippen molar-refractivity contribution >= 4 is 61.1 Å². The number of thioether (sulfide) groups is 1. The molecule has 1 atom stereocenters. The zero-order valence-corrected chi connectivity index (χ0v) is 18.8. The van der Waals surface area contributed by atoms with Gasteiger partial charge in [-0.2, -0.15) is 5.10 Å². The maximum Gasteiger partial charge on any atom is 0.262 e. The summed E-state index contributed by atoms with van der Waals surface area (Å²) < 4.78 is 29.1. The SMILES string of the molecule is CC(Sc1nc2c(cnn2C2CCC(F)(F)CC2)c(=O)[nH]1)C(=O)Nc1nnc(Br)s1. The summed E-state index contributed by atoms with van der Waals surface area (Å²) in [7, 11) is 0. The van der Waals surface area contributed by atoms with Crippen molar-refractivity contribution in [1.29, 1.82) is 0 Å². The highest BCUT2D eigenvalue weighted by Gasteiger charge is 2.36. The van der Waals surface area contributed by atoms with Crippen LogP contribution in [0.5, 0.6) is 0 Å². The number of hydrogen-bond acceptors (Lipinski definition) is 8. The minimum Gasteiger partial charge on any atom is -0.301 e. The lowest BCUT2D eigenvalue weighted by atomic mass is 9.92. The van der Waals surface area contributed by atoms with E-state index in [0.717, 1.165) is 11.8 Å². The monoisotopic (exact) mass is 519 g/mol. The topological polar surface area (TPSA) is 118 Å².